The van der Waals surface area contributed by atoms with Crippen molar-refractivity contribution in [1.29, 1.82) is 0 Å². The Labute approximate surface area is 291 Å². The van der Waals surface area contributed by atoms with Crippen molar-refractivity contribution >= 4 is 27.8 Å². The summed E-state index contributed by atoms with van der Waals surface area (Å²) < 4.78 is 0. The fourth-order valence-corrected chi connectivity index (χ4v) is 7.69. The molecular weight excluding hydrogens is 591 g/mol. The van der Waals surface area contributed by atoms with Crippen LogP contribution in [0.2, 0.25) is 0 Å². The summed E-state index contributed by atoms with van der Waals surface area (Å²) in [6, 6.07) is 60.0. The topological polar surface area (TPSA) is 3.24 Å². The summed E-state index contributed by atoms with van der Waals surface area (Å²) in [5.41, 5.74) is 14.1. The van der Waals surface area contributed by atoms with Crippen molar-refractivity contribution < 1.29 is 0 Å². The number of hydrogen-bond acceptors (Lipinski definition) is 1. The average Bonchev–Trinajstić information content (AvgIpc) is 3.14. The summed E-state index contributed by atoms with van der Waals surface area (Å²) >= 11 is 0. The molecule has 0 aliphatic heterocycles. The lowest BCUT2D eigenvalue weighted by Gasteiger charge is -2.42. The number of para-hydroxylation sites is 1. The second-order valence-corrected chi connectivity index (χ2v) is 14.9. The largest absolute Gasteiger partial charge is 0.310 e. The second-order valence-electron chi connectivity index (χ2n) is 14.9. The van der Waals surface area contributed by atoms with Crippen LogP contribution in [0.1, 0.15) is 51.7 Å². The molecule has 7 aromatic carbocycles. The van der Waals surface area contributed by atoms with Gasteiger partial charge >= 0.3 is 0 Å². The van der Waals surface area contributed by atoms with Gasteiger partial charge in [-0.1, -0.05) is 155 Å². The lowest BCUT2D eigenvalue weighted by atomic mass is 9.63. The summed E-state index contributed by atoms with van der Waals surface area (Å²) in [5, 5.41) is 2.62. The van der Waals surface area contributed by atoms with Crippen molar-refractivity contribution in [3.05, 3.63) is 175 Å². The molecule has 1 nitrogen and oxygen atoms in total. The summed E-state index contributed by atoms with van der Waals surface area (Å²) in [6.45, 7) is 9.64. The smallest absolute Gasteiger partial charge is 0.0540 e. The molecule has 0 saturated carbocycles. The normalized spacial score (nSPS) is 14.7. The maximum absolute atomic E-state index is 2.49. The van der Waals surface area contributed by atoms with Crippen LogP contribution in [0, 0.1) is 0 Å². The van der Waals surface area contributed by atoms with Crippen LogP contribution in [-0.4, -0.2) is 0 Å². The Hall–Kier alpha value is -5.40. The van der Waals surface area contributed by atoms with E-state index in [1.54, 1.807) is 0 Å². The maximum Gasteiger partial charge on any atom is 0.0540 e. The minimum absolute atomic E-state index is 0.168. The van der Waals surface area contributed by atoms with E-state index in [2.05, 4.69) is 196 Å². The predicted molar refractivity (Wildman–Crippen MR) is 210 cm³/mol. The van der Waals surface area contributed by atoms with Gasteiger partial charge in [-0.05, 0) is 110 Å². The van der Waals surface area contributed by atoms with Crippen molar-refractivity contribution in [3.8, 4) is 33.4 Å². The molecule has 0 bridgehead atoms. The zero-order valence-corrected chi connectivity index (χ0v) is 28.9. The molecular formula is C48H43N. The van der Waals surface area contributed by atoms with Crippen LogP contribution in [0.3, 0.4) is 0 Å². The standard InChI is InChI=1S/C48H43N/c1-47(2)29-30-48(3,4)45-33-40-31-39(20-19-38(40)32-44(45)47)43-17-11-12-18-46(43)49(41-25-21-36(22-26-41)34-13-7-5-8-14-34)42-27-23-37(24-28-42)35-15-9-6-10-16-35/h5-28,31-33H,29-30H2,1-4H3. The predicted octanol–water partition coefficient (Wildman–Crippen LogP) is 13.7. The van der Waals surface area contributed by atoms with Gasteiger partial charge in [0.05, 0.1) is 5.69 Å². The van der Waals surface area contributed by atoms with Crippen molar-refractivity contribution in [2.24, 2.45) is 0 Å². The van der Waals surface area contributed by atoms with Gasteiger partial charge in [-0.3, -0.25) is 0 Å². The van der Waals surface area contributed by atoms with Gasteiger partial charge < -0.3 is 4.90 Å². The zero-order valence-electron chi connectivity index (χ0n) is 28.9. The summed E-state index contributed by atoms with van der Waals surface area (Å²) in [7, 11) is 0. The number of hydrogen-bond donors (Lipinski definition) is 0. The van der Waals surface area contributed by atoms with Crippen LogP contribution in [0.15, 0.2) is 164 Å². The minimum Gasteiger partial charge on any atom is -0.310 e. The molecule has 8 rings (SSSR count). The Morgan fingerprint density at radius 1 is 0.388 bits per heavy atom. The molecule has 0 amide bonds. The highest BCUT2D eigenvalue weighted by molar-refractivity contribution is 5.94. The fraction of sp³-hybridized carbons (Fsp3) is 0.167. The quantitative estimate of drug-likeness (QED) is 0.176. The van der Waals surface area contributed by atoms with E-state index in [-0.39, 0.29) is 10.8 Å². The Morgan fingerprint density at radius 3 is 1.35 bits per heavy atom. The molecule has 0 saturated heterocycles. The number of anilines is 3. The van der Waals surface area contributed by atoms with E-state index in [9.17, 15) is 0 Å². The van der Waals surface area contributed by atoms with Crippen molar-refractivity contribution in [2.75, 3.05) is 4.90 Å². The van der Waals surface area contributed by atoms with E-state index in [0.29, 0.717) is 0 Å². The Bertz CT molecular complexity index is 2160. The summed E-state index contributed by atoms with van der Waals surface area (Å²) in [6.07, 6.45) is 2.43. The van der Waals surface area contributed by atoms with Gasteiger partial charge in [0, 0.05) is 16.9 Å². The monoisotopic (exact) mass is 633 g/mol. The molecule has 0 atom stereocenters. The van der Waals surface area contributed by atoms with Gasteiger partial charge in [-0.15, -0.1) is 0 Å². The van der Waals surface area contributed by atoms with Crippen LogP contribution in [0.5, 0.6) is 0 Å². The molecule has 0 aromatic heterocycles. The lowest BCUT2D eigenvalue weighted by molar-refractivity contribution is 0.332. The van der Waals surface area contributed by atoms with Crippen LogP contribution >= 0.6 is 0 Å². The molecule has 1 aliphatic rings. The third-order valence-electron chi connectivity index (χ3n) is 10.7. The first kappa shape index (κ1) is 30.9. The lowest BCUT2D eigenvalue weighted by Crippen LogP contribution is -2.33. The van der Waals surface area contributed by atoms with Crippen LogP contribution in [0.25, 0.3) is 44.2 Å². The molecule has 0 N–H and O–H groups in total. The Balaban J connectivity index is 1.26. The Kier molecular flexibility index (Phi) is 7.72. The molecule has 0 radical (unpaired) electrons. The maximum atomic E-state index is 2.49. The van der Waals surface area contributed by atoms with Gasteiger partial charge in [-0.25, -0.2) is 0 Å². The first-order valence-electron chi connectivity index (χ1n) is 17.6. The first-order valence-corrected chi connectivity index (χ1v) is 17.6. The van der Waals surface area contributed by atoms with Gasteiger partial charge in [-0.2, -0.15) is 0 Å². The van der Waals surface area contributed by atoms with Gasteiger partial charge in [0.2, 0.25) is 0 Å². The molecule has 0 spiro atoms. The van der Waals surface area contributed by atoms with E-state index in [1.807, 2.05) is 0 Å². The zero-order chi connectivity index (χ0) is 33.6. The highest BCUT2D eigenvalue weighted by atomic mass is 15.1. The highest BCUT2D eigenvalue weighted by Gasteiger charge is 2.37. The fourth-order valence-electron chi connectivity index (χ4n) is 7.69. The van der Waals surface area contributed by atoms with E-state index >= 15 is 0 Å². The van der Waals surface area contributed by atoms with Crippen LogP contribution in [0.4, 0.5) is 17.1 Å². The first-order chi connectivity index (χ1) is 23.8. The van der Waals surface area contributed by atoms with Crippen LogP contribution in [-0.2, 0) is 10.8 Å². The number of nitrogens with zero attached hydrogens (tertiary/aromatic N) is 1. The van der Waals surface area contributed by atoms with E-state index < -0.39 is 0 Å². The molecule has 0 heterocycles. The number of rotatable bonds is 6. The second kappa shape index (κ2) is 12.2. The van der Waals surface area contributed by atoms with Crippen molar-refractivity contribution in [1.82, 2.24) is 0 Å². The molecule has 49 heavy (non-hydrogen) atoms. The molecule has 0 fully saturated rings. The van der Waals surface area contributed by atoms with Crippen molar-refractivity contribution in [3.63, 3.8) is 0 Å². The third kappa shape index (κ3) is 5.85. The molecule has 240 valence electrons. The molecule has 1 aliphatic carbocycles. The van der Waals surface area contributed by atoms with Crippen LogP contribution < -0.4 is 4.90 Å². The average molecular weight is 634 g/mol. The SMILES string of the molecule is CC1(C)CCC(C)(C)c2cc3cc(-c4ccccc4N(c4ccc(-c5ccccc5)cc4)c4ccc(-c5ccccc5)cc4)ccc3cc21. The minimum atomic E-state index is 0.168. The molecule has 1 heteroatoms. The molecule has 7 aromatic rings. The van der Waals surface area contributed by atoms with E-state index in [0.717, 1.165) is 17.1 Å². The van der Waals surface area contributed by atoms with Gasteiger partial charge in [0.1, 0.15) is 0 Å². The summed E-state index contributed by atoms with van der Waals surface area (Å²) in [5.74, 6) is 0. The Morgan fingerprint density at radius 2 is 0.816 bits per heavy atom. The van der Waals surface area contributed by atoms with Gasteiger partial charge in [0.25, 0.3) is 0 Å². The van der Waals surface area contributed by atoms with E-state index in [4.69, 9.17) is 0 Å². The summed E-state index contributed by atoms with van der Waals surface area (Å²) in [4.78, 5) is 2.40. The third-order valence-corrected chi connectivity index (χ3v) is 10.7. The number of benzene rings is 7. The van der Waals surface area contributed by atoms with Crippen molar-refractivity contribution in [2.45, 2.75) is 51.4 Å². The number of fused-ring (bicyclic) bond motifs is 2. The highest BCUT2D eigenvalue weighted by Crippen LogP contribution is 2.48. The van der Waals surface area contributed by atoms with Gasteiger partial charge in [0.15, 0.2) is 0 Å². The molecule has 0 unspecified atom stereocenters. The van der Waals surface area contributed by atoms with E-state index in [1.165, 1.54) is 68.1 Å².